The summed E-state index contributed by atoms with van der Waals surface area (Å²) in [4.78, 5) is 11.4. The number of nitrogens with one attached hydrogen (secondary N) is 1. The summed E-state index contributed by atoms with van der Waals surface area (Å²) in [5, 5.41) is 12.0. The topological polar surface area (TPSA) is 49.3 Å². The lowest BCUT2D eigenvalue weighted by atomic mass is 10.1. The average Bonchev–Trinajstić information content (AvgIpc) is 2.18. The highest BCUT2D eigenvalue weighted by Crippen LogP contribution is 2.07. The Kier molecular flexibility index (Phi) is 3.92. The first-order valence-electron chi connectivity index (χ1n) is 4.86. The number of aliphatic hydroxyl groups excluding tert-OH is 1. The summed E-state index contributed by atoms with van der Waals surface area (Å²) in [6.45, 7) is 3.64. The summed E-state index contributed by atoms with van der Waals surface area (Å²) < 4.78 is 0. The van der Waals surface area contributed by atoms with Crippen molar-refractivity contribution >= 4 is 11.6 Å². The van der Waals surface area contributed by atoms with Gasteiger partial charge in [0.15, 0.2) is 0 Å². The normalized spacial score (nSPS) is 11.5. The summed E-state index contributed by atoms with van der Waals surface area (Å²) >= 11 is 0. The number of rotatable bonds is 3. The van der Waals surface area contributed by atoms with Gasteiger partial charge in [-0.25, -0.2) is 0 Å². The minimum absolute atomic E-state index is 0.0356. The van der Waals surface area contributed by atoms with Gasteiger partial charge >= 0.3 is 0 Å². The second kappa shape index (κ2) is 5.20. The Bertz CT molecular complexity index is 355. The third kappa shape index (κ3) is 3.85. The molecule has 3 nitrogen and oxygen atoms in total. The number of hydrogen-bond acceptors (Lipinski definition) is 2. The Morgan fingerprint density at radius 1 is 1.33 bits per heavy atom. The van der Waals surface area contributed by atoms with Crippen LogP contribution in [0.2, 0.25) is 0 Å². The lowest BCUT2D eigenvalue weighted by molar-refractivity contribution is -0.112. The number of para-hydroxylation sites is 1. The molecule has 15 heavy (non-hydrogen) atoms. The Morgan fingerprint density at radius 2 is 1.93 bits per heavy atom. The van der Waals surface area contributed by atoms with E-state index in [1.165, 1.54) is 6.08 Å². The fraction of sp³-hybridized carbons (Fsp3) is 0.250. The van der Waals surface area contributed by atoms with Gasteiger partial charge in [0.2, 0.25) is 0 Å². The van der Waals surface area contributed by atoms with Crippen molar-refractivity contribution in [2.24, 2.45) is 5.92 Å². The summed E-state index contributed by atoms with van der Waals surface area (Å²) in [5.74, 6) is -0.262. The van der Waals surface area contributed by atoms with Gasteiger partial charge < -0.3 is 10.4 Å². The Labute approximate surface area is 89.4 Å². The lowest BCUT2D eigenvalue weighted by Gasteiger charge is -2.04. The predicted molar refractivity (Wildman–Crippen MR) is 60.6 cm³/mol. The summed E-state index contributed by atoms with van der Waals surface area (Å²) in [5.41, 5.74) is 0.718. The minimum Gasteiger partial charge on any atom is -0.512 e. The highest BCUT2D eigenvalue weighted by molar-refractivity contribution is 5.99. The monoisotopic (exact) mass is 205 g/mol. The Hall–Kier alpha value is -1.77. The number of anilines is 1. The van der Waals surface area contributed by atoms with Gasteiger partial charge in [-0.2, -0.15) is 0 Å². The molecule has 0 spiro atoms. The van der Waals surface area contributed by atoms with Crippen LogP contribution < -0.4 is 5.32 Å². The van der Waals surface area contributed by atoms with Gasteiger partial charge in [-0.05, 0) is 12.1 Å². The first-order valence-corrected chi connectivity index (χ1v) is 4.86. The largest absolute Gasteiger partial charge is 0.512 e. The van der Waals surface area contributed by atoms with Crippen molar-refractivity contribution in [3.05, 3.63) is 42.2 Å². The number of hydrogen-bond donors (Lipinski definition) is 2. The van der Waals surface area contributed by atoms with Gasteiger partial charge in [0.1, 0.15) is 5.76 Å². The molecule has 0 atom stereocenters. The van der Waals surface area contributed by atoms with Crippen molar-refractivity contribution < 1.29 is 9.90 Å². The molecular formula is C12H15NO2. The average molecular weight is 205 g/mol. The van der Waals surface area contributed by atoms with Crippen LogP contribution in [0, 0.1) is 5.92 Å². The molecule has 0 aliphatic carbocycles. The summed E-state index contributed by atoms with van der Waals surface area (Å²) in [7, 11) is 0. The van der Waals surface area contributed by atoms with Crippen molar-refractivity contribution in [2.45, 2.75) is 13.8 Å². The fourth-order valence-electron chi connectivity index (χ4n) is 1.00. The van der Waals surface area contributed by atoms with E-state index in [0.29, 0.717) is 0 Å². The molecule has 0 aliphatic heterocycles. The Morgan fingerprint density at radius 3 is 2.47 bits per heavy atom. The number of aliphatic hydroxyl groups is 1. The summed E-state index contributed by atoms with van der Waals surface area (Å²) in [6.07, 6.45) is 1.21. The number of amides is 1. The van der Waals surface area contributed by atoms with Crippen LogP contribution in [0.25, 0.3) is 0 Å². The maximum absolute atomic E-state index is 11.4. The number of carbonyl (C=O) groups excluding carboxylic acids is 1. The van der Waals surface area contributed by atoms with Gasteiger partial charge in [-0.1, -0.05) is 32.0 Å². The molecule has 1 aromatic rings. The maximum Gasteiger partial charge on any atom is 0.251 e. The zero-order valence-corrected chi connectivity index (χ0v) is 8.90. The van der Waals surface area contributed by atoms with Crippen LogP contribution in [0.4, 0.5) is 5.69 Å². The predicted octanol–water partition coefficient (Wildman–Crippen LogP) is 2.72. The smallest absolute Gasteiger partial charge is 0.251 e. The molecule has 2 N–H and O–H groups in total. The molecule has 0 aromatic heterocycles. The molecule has 0 saturated heterocycles. The van der Waals surface area contributed by atoms with E-state index >= 15 is 0 Å². The van der Waals surface area contributed by atoms with E-state index in [1.54, 1.807) is 12.1 Å². The first kappa shape index (κ1) is 11.3. The summed E-state index contributed by atoms with van der Waals surface area (Å²) in [6, 6.07) is 9.12. The van der Waals surface area contributed by atoms with Crippen molar-refractivity contribution in [1.29, 1.82) is 0 Å². The molecule has 3 heteroatoms. The van der Waals surface area contributed by atoms with Crippen LogP contribution in [-0.4, -0.2) is 11.0 Å². The van der Waals surface area contributed by atoms with Gasteiger partial charge in [-0.3, -0.25) is 4.79 Å². The van der Waals surface area contributed by atoms with Crippen molar-refractivity contribution in [3.63, 3.8) is 0 Å². The fourth-order valence-corrected chi connectivity index (χ4v) is 1.00. The third-order valence-electron chi connectivity index (χ3n) is 1.91. The molecule has 0 aliphatic rings. The van der Waals surface area contributed by atoms with E-state index in [2.05, 4.69) is 5.32 Å². The lowest BCUT2D eigenvalue weighted by Crippen LogP contribution is -2.10. The number of carbonyl (C=O) groups is 1. The Balaban J connectivity index is 2.61. The van der Waals surface area contributed by atoms with Crippen LogP contribution >= 0.6 is 0 Å². The van der Waals surface area contributed by atoms with Gasteiger partial charge in [0, 0.05) is 17.7 Å². The molecule has 0 saturated carbocycles. The highest BCUT2D eigenvalue weighted by Gasteiger charge is 2.03. The first-order chi connectivity index (χ1) is 7.09. The SMILES string of the molecule is CC(C)/C(O)=C/C(=O)Nc1ccccc1. The highest BCUT2D eigenvalue weighted by atomic mass is 16.3. The number of benzene rings is 1. The van der Waals surface area contributed by atoms with Crippen molar-refractivity contribution in [1.82, 2.24) is 0 Å². The van der Waals surface area contributed by atoms with Crippen LogP contribution in [0.15, 0.2) is 42.2 Å². The van der Waals surface area contributed by atoms with E-state index < -0.39 is 0 Å². The van der Waals surface area contributed by atoms with Crippen LogP contribution in [-0.2, 0) is 4.79 Å². The standard InChI is InChI=1S/C12H15NO2/c1-9(2)11(14)8-12(15)13-10-6-4-3-5-7-10/h3-9,14H,1-2H3,(H,13,15)/b11-8-. The number of allylic oxidation sites excluding steroid dienone is 1. The van der Waals surface area contributed by atoms with E-state index in [0.717, 1.165) is 5.69 Å². The molecule has 1 rings (SSSR count). The maximum atomic E-state index is 11.4. The zero-order chi connectivity index (χ0) is 11.3. The molecule has 0 radical (unpaired) electrons. The molecule has 1 amide bonds. The minimum atomic E-state index is -0.313. The van der Waals surface area contributed by atoms with Crippen LogP contribution in [0.1, 0.15) is 13.8 Å². The van der Waals surface area contributed by atoms with Gasteiger partial charge in [0.25, 0.3) is 5.91 Å². The molecule has 0 heterocycles. The zero-order valence-electron chi connectivity index (χ0n) is 8.90. The van der Waals surface area contributed by atoms with Gasteiger partial charge in [0.05, 0.1) is 0 Å². The molecule has 0 unspecified atom stereocenters. The van der Waals surface area contributed by atoms with Crippen molar-refractivity contribution in [3.8, 4) is 0 Å². The van der Waals surface area contributed by atoms with Gasteiger partial charge in [-0.15, -0.1) is 0 Å². The van der Waals surface area contributed by atoms with Crippen molar-refractivity contribution in [2.75, 3.05) is 5.32 Å². The van der Waals surface area contributed by atoms with E-state index in [9.17, 15) is 9.90 Å². The molecule has 0 fully saturated rings. The van der Waals surface area contributed by atoms with E-state index in [-0.39, 0.29) is 17.6 Å². The quantitative estimate of drug-likeness (QED) is 0.588. The van der Waals surface area contributed by atoms with Crippen LogP contribution in [0.3, 0.4) is 0 Å². The van der Waals surface area contributed by atoms with Crippen LogP contribution in [0.5, 0.6) is 0 Å². The second-order valence-electron chi connectivity index (χ2n) is 3.58. The molecule has 0 bridgehead atoms. The molecular weight excluding hydrogens is 190 g/mol. The van der Waals surface area contributed by atoms with E-state index in [1.807, 2.05) is 32.0 Å². The third-order valence-corrected chi connectivity index (χ3v) is 1.91. The molecule has 1 aromatic carbocycles. The molecule has 80 valence electrons. The van der Waals surface area contributed by atoms with E-state index in [4.69, 9.17) is 0 Å². The second-order valence-corrected chi connectivity index (χ2v) is 3.58.